The van der Waals surface area contributed by atoms with Crippen molar-refractivity contribution in [1.29, 1.82) is 0 Å². The highest BCUT2D eigenvalue weighted by atomic mass is 16.6. The number of allylic oxidation sites excluding steroid dienone is 1. The SMILES string of the molecule is CC=C(C)C(=O)OC(C)(C)[C@@]1(CC2CC(N)[NH2+]CC2CC(=O)N2CCC2)CC2CC3CCC(=O)OC3CC2O1. The summed E-state index contributed by atoms with van der Waals surface area (Å²) in [5.74, 6) is 0.825. The van der Waals surface area contributed by atoms with Crippen molar-refractivity contribution in [2.45, 2.75) is 115 Å². The van der Waals surface area contributed by atoms with Crippen molar-refractivity contribution in [2.75, 3.05) is 19.6 Å². The summed E-state index contributed by atoms with van der Waals surface area (Å²) in [4.78, 5) is 40.0. The van der Waals surface area contributed by atoms with Crippen molar-refractivity contribution < 1.29 is 33.9 Å². The second-order valence-corrected chi connectivity index (χ2v) is 13.3. The van der Waals surface area contributed by atoms with E-state index in [9.17, 15) is 14.4 Å². The first-order valence-electron chi connectivity index (χ1n) is 15.1. The van der Waals surface area contributed by atoms with E-state index in [1.54, 1.807) is 13.0 Å². The van der Waals surface area contributed by atoms with Crippen molar-refractivity contribution >= 4 is 17.8 Å². The van der Waals surface area contributed by atoms with Gasteiger partial charge in [0.2, 0.25) is 5.91 Å². The van der Waals surface area contributed by atoms with Crippen LogP contribution in [0.25, 0.3) is 0 Å². The van der Waals surface area contributed by atoms with Crippen molar-refractivity contribution in [3.8, 4) is 0 Å². The van der Waals surface area contributed by atoms with Crippen LogP contribution >= 0.6 is 0 Å². The largest absolute Gasteiger partial charge is 0.462 e. The molecule has 5 rings (SSSR count). The van der Waals surface area contributed by atoms with Gasteiger partial charge in [-0.2, -0.15) is 0 Å². The number of hydrogen-bond donors (Lipinski definition) is 2. The molecule has 5 aliphatic rings. The highest BCUT2D eigenvalue weighted by molar-refractivity contribution is 5.88. The van der Waals surface area contributed by atoms with Crippen molar-refractivity contribution in [2.24, 2.45) is 29.4 Å². The zero-order valence-electron chi connectivity index (χ0n) is 24.2. The van der Waals surface area contributed by atoms with Gasteiger partial charge in [0.05, 0.1) is 12.6 Å². The van der Waals surface area contributed by atoms with E-state index in [-0.39, 0.29) is 48.1 Å². The van der Waals surface area contributed by atoms with Crippen LogP contribution in [0.4, 0.5) is 0 Å². The molecule has 0 radical (unpaired) electrons. The molecular formula is C30H48N3O6+. The first-order valence-corrected chi connectivity index (χ1v) is 15.1. The molecule has 0 bridgehead atoms. The number of quaternary nitrogens is 1. The number of nitrogens with two attached hydrogens (primary N) is 2. The second-order valence-electron chi connectivity index (χ2n) is 13.3. The second kappa shape index (κ2) is 11.1. The summed E-state index contributed by atoms with van der Waals surface area (Å²) >= 11 is 0. The lowest BCUT2D eigenvalue weighted by Gasteiger charge is -2.47. The van der Waals surface area contributed by atoms with E-state index in [1.807, 2.05) is 25.7 Å². The number of ether oxygens (including phenoxy) is 3. The molecule has 8 atom stereocenters. The van der Waals surface area contributed by atoms with Gasteiger partial charge in [0, 0.05) is 50.3 Å². The Morgan fingerprint density at radius 2 is 1.95 bits per heavy atom. The van der Waals surface area contributed by atoms with Gasteiger partial charge < -0.3 is 24.4 Å². The summed E-state index contributed by atoms with van der Waals surface area (Å²) in [5, 5.41) is 2.16. The fraction of sp³-hybridized carbons (Fsp3) is 0.833. The zero-order chi connectivity index (χ0) is 27.9. The molecule has 4 saturated heterocycles. The van der Waals surface area contributed by atoms with Crippen LogP contribution in [-0.4, -0.2) is 72.0 Å². The first-order chi connectivity index (χ1) is 18.5. The van der Waals surface area contributed by atoms with Gasteiger partial charge in [-0.25, -0.2) is 4.79 Å². The van der Waals surface area contributed by atoms with E-state index >= 15 is 0 Å². The first kappa shape index (κ1) is 28.6. The topological polar surface area (TPSA) is 125 Å². The number of likely N-dealkylation sites (tertiary alicyclic amines) is 1. The van der Waals surface area contributed by atoms with E-state index in [0.29, 0.717) is 43.1 Å². The molecule has 0 aromatic rings. The highest BCUT2D eigenvalue weighted by Crippen LogP contribution is 2.54. The van der Waals surface area contributed by atoms with Gasteiger partial charge in [-0.1, -0.05) is 6.08 Å². The molecule has 1 saturated carbocycles. The number of carbonyl (C=O) groups excluding carboxylic acids is 3. The molecule has 4 aliphatic heterocycles. The Morgan fingerprint density at radius 3 is 2.64 bits per heavy atom. The monoisotopic (exact) mass is 546 g/mol. The number of piperidine rings is 1. The van der Waals surface area contributed by atoms with Crippen LogP contribution in [0.2, 0.25) is 0 Å². The van der Waals surface area contributed by atoms with Crippen LogP contribution in [0.15, 0.2) is 11.6 Å². The summed E-state index contributed by atoms with van der Waals surface area (Å²) in [5.41, 5.74) is 5.41. The number of nitrogens with zero attached hydrogens (tertiary/aromatic N) is 1. The molecule has 5 fully saturated rings. The fourth-order valence-electron chi connectivity index (χ4n) is 7.72. The van der Waals surface area contributed by atoms with Gasteiger partial charge in [-0.05, 0) is 77.6 Å². The van der Waals surface area contributed by atoms with E-state index in [4.69, 9.17) is 19.9 Å². The van der Waals surface area contributed by atoms with Crippen LogP contribution in [0.1, 0.15) is 85.5 Å². The molecule has 0 spiro atoms. The Hall–Kier alpha value is -1.97. The van der Waals surface area contributed by atoms with Gasteiger partial charge in [0.1, 0.15) is 23.5 Å². The molecule has 218 valence electrons. The minimum Gasteiger partial charge on any atom is -0.462 e. The normalized spacial score (nSPS) is 38.8. The fourth-order valence-corrected chi connectivity index (χ4v) is 7.72. The van der Waals surface area contributed by atoms with Gasteiger partial charge >= 0.3 is 11.9 Å². The molecule has 4 heterocycles. The molecule has 9 heteroatoms. The lowest BCUT2D eigenvalue weighted by molar-refractivity contribution is -0.706. The average Bonchev–Trinajstić information content (AvgIpc) is 3.21. The van der Waals surface area contributed by atoms with E-state index < -0.39 is 11.2 Å². The maximum absolute atomic E-state index is 13.0. The number of fused-ring (bicyclic) bond motifs is 2. The smallest absolute Gasteiger partial charge is 0.334 e. The maximum atomic E-state index is 13.0. The minimum atomic E-state index is -0.898. The summed E-state index contributed by atoms with van der Waals surface area (Å²) in [6, 6.07) is 0. The Kier molecular flexibility index (Phi) is 8.15. The summed E-state index contributed by atoms with van der Waals surface area (Å²) < 4.78 is 19.0. The summed E-state index contributed by atoms with van der Waals surface area (Å²) in [6.45, 7) is 10.1. The zero-order valence-corrected chi connectivity index (χ0v) is 24.2. The Morgan fingerprint density at radius 1 is 1.18 bits per heavy atom. The number of hydrogen-bond acceptors (Lipinski definition) is 7. The van der Waals surface area contributed by atoms with E-state index in [2.05, 4.69) is 5.32 Å². The minimum absolute atomic E-state index is 0.0238. The van der Waals surface area contributed by atoms with Crippen molar-refractivity contribution in [3.05, 3.63) is 11.6 Å². The van der Waals surface area contributed by atoms with Gasteiger partial charge in [-0.15, -0.1) is 0 Å². The van der Waals surface area contributed by atoms with E-state index in [1.165, 1.54) is 0 Å². The number of rotatable bonds is 7. The molecule has 4 N–H and O–H groups in total. The lowest BCUT2D eigenvalue weighted by atomic mass is 9.67. The van der Waals surface area contributed by atoms with Crippen LogP contribution in [0.5, 0.6) is 0 Å². The molecule has 1 amide bonds. The standard InChI is InChI=1S/C30H47N3O6/c1-5-18(2)28(36)39-29(3,4)30(16-21-11-19-7-8-27(35)37-23(19)14-24(21)38-30)15-20-12-25(31)32-17-22(20)13-26(34)33-9-6-10-33/h5,19-25,32H,6-17,31H2,1-4H3/p+1/t19?,20?,21?,22?,23?,24?,25?,30-/m1/s1. The molecule has 0 aromatic carbocycles. The maximum Gasteiger partial charge on any atom is 0.334 e. The van der Waals surface area contributed by atoms with Gasteiger partial charge in [0.25, 0.3) is 0 Å². The molecular weight excluding hydrogens is 498 g/mol. The summed E-state index contributed by atoms with van der Waals surface area (Å²) in [7, 11) is 0. The van der Waals surface area contributed by atoms with Crippen LogP contribution in [0, 0.1) is 23.7 Å². The molecule has 39 heavy (non-hydrogen) atoms. The predicted octanol–water partition coefficient (Wildman–Crippen LogP) is 2.03. The van der Waals surface area contributed by atoms with Gasteiger partial charge in [0.15, 0.2) is 0 Å². The quantitative estimate of drug-likeness (QED) is 0.370. The lowest BCUT2D eigenvalue weighted by Crippen LogP contribution is -2.96. The third-order valence-electron chi connectivity index (χ3n) is 10.5. The van der Waals surface area contributed by atoms with Crippen LogP contribution in [-0.2, 0) is 28.6 Å². The number of amides is 1. The molecule has 7 unspecified atom stereocenters. The number of carbonyl (C=O) groups is 3. The third-order valence-corrected chi connectivity index (χ3v) is 10.5. The Labute approximate surface area is 232 Å². The van der Waals surface area contributed by atoms with Crippen LogP contribution < -0.4 is 11.1 Å². The summed E-state index contributed by atoms with van der Waals surface area (Å²) in [6.07, 6.45) is 8.46. The Balaban J connectivity index is 1.41. The van der Waals surface area contributed by atoms with E-state index in [0.717, 1.165) is 51.7 Å². The number of esters is 2. The van der Waals surface area contributed by atoms with Crippen LogP contribution in [0.3, 0.4) is 0 Å². The predicted molar refractivity (Wildman–Crippen MR) is 144 cm³/mol. The highest BCUT2D eigenvalue weighted by Gasteiger charge is 2.61. The molecule has 1 aliphatic carbocycles. The van der Waals surface area contributed by atoms with Crippen molar-refractivity contribution in [3.63, 3.8) is 0 Å². The Bertz CT molecular complexity index is 993. The van der Waals surface area contributed by atoms with Gasteiger partial charge in [-0.3, -0.25) is 15.3 Å². The molecule has 9 nitrogen and oxygen atoms in total. The van der Waals surface area contributed by atoms with Crippen molar-refractivity contribution in [1.82, 2.24) is 4.90 Å². The average molecular weight is 547 g/mol. The molecule has 0 aromatic heterocycles. The third kappa shape index (κ3) is 5.77.